The molecule has 4 aromatic carbocycles. The molecule has 172 valence electrons. The molecule has 0 aliphatic heterocycles. The highest BCUT2D eigenvalue weighted by Crippen LogP contribution is 2.28. The van der Waals surface area contributed by atoms with Gasteiger partial charge >= 0.3 is 0 Å². The number of nitrogens with two attached hydrogens (primary N) is 1. The van der Waals surface area contributed by atoms with E-state index >= 15 is 0 Å². The number of aromatic nitrogens is 3. The first kappa shape index (κ1) is 22.1. The first-order valence-electron chi connectivity index (χ1n) is 11.5. The summed E-state index contributed by atoms with van der Waals surface area (Å²) >= 11 is 0. The second-order valence-corrected chi connectivity index (χ2v) is 8.25. The van der Waals surface area contributed by atoms with Gasteiger partial charge in [0, 0.05) is 18.4 Å². The topological polar surface area (TPSA) is 85.8 Å². The Kier molecular flexibility index (Phi) is 6.35. The van der Waals surface area contributed by atoms with Gasteiger partial charge in [-0.25, -0.2) is 4.68 Å². The third-order valence-electron chi connectivity index (χ3n) is 5.82. The number of benzene rings is 4. The lowest BCUT2D eigenvalue weighted by Gasteiger charge is -2.10. The molecule has 35 heavy (non-hydrogen) atoms. The van der Waals surface area contributed by atoms with E-state index < -0.39 is 0 Å². The molecule has 1 aromatic heterocycles. The normalized spacial score (nSPS) is 10.7. The summed E-state index contributed by atoms with van der Waals surface area (Å²) in [5.41, 5.74) is 13.2. The molecule has 0 bridgehead atoms. The molecule has 0 radical (unpaired) electrons. The fourth-order valence-electron chi connectivity index (χ4n) is 3.99. The summed E-state index contributed by atoms with van der Waals surface area (Å²) in [6.45, 7) is 0. The minimum absolute atomic E-state index is 0.124. The van der Waals surface area contributed by atoms with Gasteiger partial charge in [0.15, 0.2) is 0 Å². The number of para-hydroxylation sites is 1. The number of nitrogens with one attached hydrogen (secondary N) is 1. The van der Waals surface area contributed by atoms with E-state index in [4.69, 9.17) is 5.73 Å². The van der Waals surface area contributed by atoms with Crippen LogP contribution in [0.3, 0.4) is 0 Å². The van der Waals surface area contributed by atoms with E-state index in [0.29, 0.717) is 17.8 Å². The number of hydrogen-bond donors (Lipinski definition) is 2. The number of amides is 1. The molecule has 0 saturated heterocycles. The predicted molar refractivity (Wildman–Crippen MR) is 140 cm³/mol. The van der Waals surface area contributed by atoms with Gasteiger partial charge in [0.2, 0.25) is 5.91 Å². The van der Waals surface area contributed by atoms with Gasteiger partial charge in [0.05, 0.1) is 29.0 Å². The van der Waals surface area contributed by atoms with Crippen LogP contribution in [-0.2, 0) is 11.2 Å². The quantitative estimate of drug-likeness (QED) is 0.303. The van der Waals surface area contributed by atoms with E-state index in [-0.39, 0.29) is 12.3 Å². The maximum absolute atomic E-state index is 12.7. The van der Waals surface area contributed by atoms with Crippen LogP contribution in [0.25, 0.3) is 27.9 Å². The molecule has 3 N–H and O–H groups in total. The molecule has 0 fully saturated rings. The third kappa shape index (κ3) is 5.12. The highest BCUT2D eigenvalue weighted by molar-refractivity contribution is 5.95. The lowest BCUT2D eigenvalue weighted by Crippen LogP contribution is -2.13. The maximum Gasteiger partial charge on any atom is 0.224 e. The molecule has 5 aromatic rings. The molecular weight excluding hydrogens is 434 g/mol. The molecule has 0 aliphatic carbocycles. The standard InChI is InChI=1S/C29H25N5O/c30-26-17-15-23(21-9-3-1-4-10-21)19-27(26)31-29(35)18-16-24-20-34(33-32-24)28-14-8-7-13-25(28)22-11-5-2-6-12-22/h1-15,17,19-20H,16,18,30H2,(H,31,35). The molecule has 1 amide bonds. The van der Waals surface area contributed by atoms with E-state index in [0.717, 1.165) is 33.6 Å². The fourth-order valence-corrected chi connectivity index (χ4v) is 3.99. The van der Waals surface area contributed by atoms with Crippen molar-refractivity contribution in [2.45, 2.75) is 12.8 Å². The van der Waals surface area contributed by atoms with Crippen LogP contribution in [0.2, 0.25) is 0 Å². The molecular formula is C29H25N5O. The number of carbonyl (C=O) groups excluding carboxylic acids is 1. The van der Waals surface area contributed by atoms with Gasteiger partial charge in [0.25, 0.3) is 0 Å². The van der Waals surface area contributed by atoms with Crippen LogP contribution in [0.15, 0.2) is 109 Å². The number of anilines is 2. The zero-order chi connectivity index (χ0) is 24.0. The molecule has 5 rings (SSSR count). The summed E-state index contributed by atoms with van der Waals surface area (Å²) in [6, 6.07) is 33.9. The summed E-state index contributed by atoms with van der Waals surface area (Å²) in [4.78, 5) is 12.7. The van der Waals surface area contributed by atoms with Crippen LogP contribution in [-0.4, -0.2) is 20.9 Å². The maximum atomic E-state index is 12.7. The van der Waals surface area contributed by atoms with E-state index in [2.05, 4.69) is 33.8 Å². The van der Waals surface area contributed by atoms with Crippen molar-refractivity contribution in [2.24, 2.45) is 0 Å². The highest BCUT2D eigenvalue weighted by Gasteiger charge is 2.12. The number of nitrogen functional groups attached to an aromatic ring is 1. The van der Waals surface area contributed by atoms with Gasteiger partial charge in [-0.1, -0.05) is 90.1 Å². The largest absolute Gasteiger partial charge is 0.397 e. The minimum atomic E-state index is -0.124. The van der Waals surface area contributed by atoms with Crippen LogP contribution in [0.1, 0.15) is 12.1 Å². The summed E-state index contributed by atoms with van der Waals surface area (Å²) in [5.74, 6) is -0.124. The van der Waals surface area contributed by atoms with Crippen LogP contribution in [0.4, 0.5) is 11.4 Å². The first-order valence-corrected chi connectivity index (χ1v) is 11.5. The van der Waals surface area contributed by atoms with Crippen LogP contribution in [0, 0.1) is 0 Å². The number of carbonyl (C=O) groups is 1. The first-order chi connectivity index (χ1) is 17.2. The van der Waals surface area contributed by atoms with E-state index in [1.54, 1.807) is 4.68 Å². The lowest BCUT2D eigenvalue weighted by molar-refractivity contribution is -0.116. The van der Waals surface area contributed by atoms with Gasteiger partial charge < -0.3 is 11.1 Å². The third-order valence-corrected chi connectivity index (χ3v) is 5.82. The Hall–Kier alpha value is -4.71. The van der Waals surface area contributed by atoms with Gasteiger partial charge in [-0.15, -0.1) is 5.10 Å². The van der Waals surface area contributed by atoms with Crippen LogP contribution >= 0.6 is 0 Å². The molecule has 0 aliphatic rings. The van der Waals surface area contributed by atoms with E-state index in [9.17, 15) is 4.79 Å². The van der Waals surface area contributed by atoms with Crippen molar-refractivity contribution in [2.75, 3.05) is 11.1 Å². The van der Waals surface area contributed by atoms with Crippen LogP contribution in [0.5, 0.6) is 0 Å². The zero-order valence-corrected chi connectivity index (χ0v) is 19.1. The Morgan fingerprint density at radius 2 is 1.49 bits per heavy atom. The second-order valence-electron chi connectivity index (χ2n) is 8.25. The van der Waals surface area contributed by atoms with Crippen LogP contribution < -0.4 is 11.1 Å². The van der Waals surface area contributed by atoms with Crippen molar-refractivity contribution >= 4 is 17.3 Å². The summed E-state index contributed by atoms with van der Waals surface area (Å²) in [7, 11) is 0. The van der Waals surface area contributed by atoms with E-state index in [1.165, 1.54) is 0 Å². The van der Waals surface area contributed by atoms with Crippen molar-refractivity contribution in [3.05, 3.63) is 115 Å². The van der Waals surface area contributed by atoms with Gasteiger partial charge in [-0.3, -0.25) is 4.79 Å². The second kappa shape index (κ2) is 10.1. The fraction of sp³-hybridized carbons (Fsp3) is 0.0690. The molecule has 0 unspecified atom stereocenters. The molecule has 0 atom stereocenters. The molecule has 6 heteroatoms. The monoisotopic (exact) mass is 459 g/mol. The molecule has 6 nitrogen and oxygen atoms in total. The van der Waals surface area contributed by atoms with Gasteiger partial charge in [-0.2, -0.15) is 0 Å². The Morgan fingerprint density at radius 3 is 2.26 bits per heavy atom. The average Bonchev–Trinajstić information content (AvgIpc) is 3.39. The summed E-state index contributed by atoms with van der Waals surface area (Å²) < 4.78 is 1.76. The number of hydrogen-bond acceptors (Lipinski definition) is 4. The minimum Gasteiger partial charge on any atom is -0.397 e. The zero-order valence-electron chi connectivity index (χ0n) is 19.1. The lowest BCUT2D eigenvalue weighted by atomic mass is 10.0. The Morgan fingerprint density at radius 1 is 0.800 bits per heavy atom. The summed E-state index contributed by atoms with van der Waals surface area (Å²) in [5, 5.41) is 11.5. The summed E-state index contributed by atoms with van der Waals surface area (Å²) in [6.07, 6.45) is 2.62. The number of nitrogens with zero attached hydrogens (tertiary/aromatic N) is 3. The van der Waals surface area contributed by atoms with Crippen molar-refractivity contribution < 1.29 is 4.79 Å². The van der Waals surface area contributed by atoms with E-state index in [1.807, 2.05) is 91.1 Å². The SMILES string of the molecule is Nc1ccc(-c2ccccc2)cc1NC(=O)CCc1cn(-c2ccccc2-c2ccccc2)nn1. The molecule has 0 saturated carbocycles. The Balaban J connectivity index is 1.26. The van der Waals surface area contributed by atoms with Crippen molar-refractivity contribution in [3.8, 4) is 27.9 Å². The van der Waals surface area contributed by atoms with Crippen molar-refractivity contribution in [1.82, 2.24) is 15.0 Å². The van der Waals surface area contributed by atoms with Gasteiger partial charge in [0.1, 0.15) is 0 Å². The molecule has 1 heterocycles. The van der Waals surface area contributed by atoms with Crippen molar-refractivity contribution in [1.29, 1.82) is 0 Å². The smallest absolute Gasteiger partial charge is 0.224 e. The molecule has 0 spiro atoms. The van der Waals surface area contributed by atoms with Crippen molar-refractivity contribution in [3.63, 3.8) is 0 Å². The predicted octanol–water partition coefficient (Wildman–Crippen LogP) is 5.75. The highest BCUT2D eigenvalue weighted by atomic mass is 16.1. The van der Waals surface area contributed by atoms with Gasteiger partial charge in [-0.05, 0) is 34.9 Å². The Bertz CT molecular complexity index is 1440. The average molecular weight is 460 g/mol. The Labute approximate surface area is 204 Å². The number of rotatable bonds is 7. The number of aryl methyl sites for hydroxylation is 1.